The minimum absolute atomic E-state index is 0.162. The third-order valence-corrected chi connectivity index (χ3v) is 4.69. The molecule has 24 heavy (non-hydrogen) atoms. The Labute approximate surface area is 144 Å². The fourth-order valence-corrected chi connectivity index (χ4v) is 3.25. The Morgan fingerprint density at radius 2 is 1.75 bits per heavy atom. The summed E-state index contributed by atoms with van der Waals surface area (Å²) >= 11 is 0. The molecule has 0 aromatic heterocycles. The molecular formula is C18H31NO5. The Morgan fingerprint density at radius 1 is 1.12 bits per heavy atom. The van der Waals surface area contributed by atoms with Gasteiger partial charge in [-0.2, -0.15) is 5.26 Å². The molecule has 2 atom stereocenters. The molecule has 1 heterocycles. The van der Waals surface area contributed by atoms with E-state index in [4.69, 9.17) is 5.26 Å². The number of nitrogens with zero attached hydrogens (tertiary/aromatic N) is 1. The fourth-order valence-electron chi connectivity index (χ4n) is 3.25. The monoisotopic (exact) mass is 341 g/mol. The maximum Gasteiger partial charge on any atom is 0.364 e. The lowest BCUT2D eigenvalue weighted by Crippen LogP contribution is -2.45. The molecule has 1 aliphatic heterocycles. The Bertz CT molecular complexity index is 424. The first-order chi connectivity index (χ1) is 11.6. The van der Waals surface area contributed by atoms with Gasteiger partial charge in [-0.15, -0.1) is 0 Å². The average molecular weight is 341 g/mol. The molecule has 0 spiro atoms. The molecule has 1 rings (SSSR count). The topological polar surface area (TPSA) is 83.9 Å². The fraction of sp³-hybridized carbons (Fsp3) is 0.833. The Hall–Kier alpha value is -1.43. The standard InChI is InChI=1S/C18H31NO5/c1-3-5-7-8-9-10-11-14-13-16(20)19(17(14)21)15(12-6-4-2)18(22)24-23/h14-15,23H,3-13H2,1-2H3. The first-order valence-electron chi connectivity index (χ1n) is 9.27. The predicted octanol–water partition coefficient (Wildman–Crippen LogP) is 3.69. The minimum Gasteiger partial charge on any atom is -0.299 e. The van der Waals surface area contributed by atoms with Gasteiger partial charge in [0.25, 0.3) is 0 Å². The summed E-state index contributed by atoms with van der Waals surface area (Å²) in [6, 6.07) is -0.996. The van der Waals surface area contributed by atoms with Gasteiger partial charge in [-0.25, -0.2) is 4.79 Å². The molecule has 6 heteroatoms. The van der Waals surface area contributed by atoms with Gasteiger partial charge in [0.2, 0.25) is 11.8 Å². The summed E-state index contributed by atoms with van der Waals surface area (Å²) in [7, 11) is 0. The first kappa shape index (κ1) is 20.6. The molecular weight excluding hydrogens is 310 g/mol. The maximum absolute atomic E-state index is 12.5. The number of likely N-dealkylation sites (tertiary alicyclic amines) is 1. The molecule has 2 amide bonds. The summed E-state index contributed by atoms with van der Waals surface area (Å²) in [5.74, 6) is -1.88. The van der Waals surface area contributed by atoms with Crippen LogP contribution in [0.5, 0.6) is 0 Å². The Balaban J connectivity index is 2.55. The lowest BCUT2D eigenvalue weighted by Gasteiger charge is -2.23. The van der Waals surface area contributed by atoms with Crippen LogP contribution in [0.3, 0.4) is 0 Å². The van der Waals surface area contributed by atoms with Gasteiger partial charge >= 0.3 is 5.97 Å². The molecule has 0 aromatic carbocycles. The molecule has 6 nitrogen and oxygen atoms in total. The van der Waals surface area contributed by atoms with E-state index in [9.17, 15) is 14.4 Å². The van der Waals surface area contributed by atoms with Gasteiger partial charge in [-0.05, 0) is 12.8 Å². The zero-order valence-electron chi connectivity index (χ0n) is 15.0. The molecule has 0 aliphatic carbocycles. The van der Waals surface area contributed by atoms with Gasteiger partial charge in [0.1, 0.15) is 6.04 Å². The van der Waals surface area contributed by atoms with Crippen molar-refractivity contribution in [1.82, 2.24) is 4.90 Å². The van der Waals surface area contributed by atoms with Crippen LogP contribution in [0.15, 0.2) is 0 Å². The Kier molecular flexibility index (Phi) is 9.60. The predicted molar refractivity (Wildman–Crippen MR) is 90.0 cm³/mol. The number of carbonyl (C=O) groups is 3. The Morgan fingerprint density at radius 3 is 2.38 bits per heavy atom. The second kappa shape index (κ2) is 11.2. The van der Waals surface area contributed by atoms with Crippen LogP contribution in [0, 0.1) is 5.92 Å². The SMILES string of the molecule is CCCCCCCCC1CC(=O)N(C(CCCC)C(=O)OO)C1=O. The van der Waals surface area contributed by atoms with Gasteiger partial charge < -0.3 is 0 Å². The number of unbranched alkanes of at least 4 members (excludes halogenated alkanes) is 6. The van der Waals surface area contributed by atoms with E-state index in [1.165, 1.54) is 19.3 Å². The highest BCUT2D eigenvalue weighted by molar-refractivity contribution is 6.06. The quantitative estimate of drug-likeness (QED) is 0.253. The van der Waals surface area contributed by atoms with Crippen molar-refractivity contribution in [2.75, 3.05) is 0 Å². The van der Waals surface area contributed by atoms with E-state index in [2.05, 4.69) is 11.8 Å². The molecule has 0 saturated carbocycles. The highest BCUT2D eigenvalue weighted by Gasteiger charge is 2.44. The molecule has 138 valence electrons. The summed E-state index contributed by atoms with van der Waals surface area (Å²) in [5, 5.41) is 8.65. The highest BCUT2D eigenvalue weighted by atomic mass is 17.1. The zero-order valence-corrected chi connectivity index (χ0v) is 15.0. The smallest absolute Gasteiger partial charge is 0.299 e. The molecule has 2 unspecified atom stereocenters. The highest BCUT2D eigenvalue weighted by Crippen LogP contribution is 2.28. The van der Waals surface area contributed by atoms with E-state index in [0.717, 1.165) is 30.6 Å². The van der Waals surface area contributed by atoms with Crippen molar-refractivity contribution in [3.05, 3.63) is 0 Å². The van der Waals surface area contributed by atoms with Crippen molar-refractivity contribution in [3.63, 3.8) is 0 Å². The normalized spacial score (nSPS) is 19.0. The van der Waals surface area contributed by atoms with Crippen LogP contribution in [-0.2, 0) is 19.3 Å². The minimum atomic E-state index is -0.996. The van der Waals surface area contributed by atoms with Gasteiger partial charge in [0.15, 0.2) is 0 Å². The van der Waals surface area contributed by atoms with Crippen molar-refractivity contribution in [2.45, 2.75) is 90.5 Å². The van der Waals surface area contributed by atoms with Crippen LogP contribution >= 0.6 is 0 Å². The first-order valence-corrected chi connectivity index (χ1v) is 9.27. The summed E-state index contributed by atoms with van der Waals surface area (Å²) < 4.78 is 0. The van der Waals surface area contributed by atoms with E-state index in [1.54, 1.807) is 0 Å². The summed E-state index contributed by atoms with van der Waals surface area (Å²) in [6.07, 6.45) is 9.46. The number of rotatable bonds is 12. The van der Waals surface area contributed by atoms with Crippen molar-refractivity contribution < 1.29 is 24.5 Å². The molecule has 0 bridgehead atoms. The van der Waals surface area contributed by atoms with Gasteiger partial charge in [-0.1, -0.05) is 65.2 Å². The van der Waals surface area contributed by atoms with Gasteiger partial charge in [0, 0.05) is 12.3 Å². The number of hydrogen-bond donors (Lipinski definition) is 1. The zero-order chi connectivity index (χ0) is 17.9. The summed E-state index contributed by atoms with van der Waals surface area (Å²) in [5.41, 5.74) is 0. The number of carbonyl (C=O) groups excluding carboxylic acids is 3. The van der Waals surface area contributed by atoms with Crippen molar-refractivity contribution in [1.29, 1.82) is 0 Å². The largest absolute Gasteiger partial charge is 0.364 e. The van der Waals surface area contributed by atoms with Gasteiger partial charge in [0.05, 0.1) is 0 Å². The molecule has 0 radical (unpaired) electrons. The van der Waals surface area contributed by atoms with E-state index in [0.29, 0.717) is 19.3 Å². The van der Waals surface area contributed by atoms with Crippen LogP contribution in [-0.4, -0.2) is 34.0 Å². The van der Waals surface area contributed by atoms with Crippen molar-refractivity contribution in [2.24, 2.45) is 5.92 Å². The van der Waals surface area contributed by atoms with E-state index < -0.39 is 12.0 Å². The summed E-state index contributed by atoms with van der Waals surface area (Å²) in [6.45, 7) is 4.13. The lowest BCUT2D eigenvalue weighted by molar-refractivity contribution is -0.239. The lowest BCUT2D eigenvalue weighted by atomic mass is 9.98. The third-order valence-electron chi connectivity index (χ3n) is 4.69. The van der Waals surface area contributed by atoms with Crippen molar-refractivity contribution >= 4 is 17.8 Å². The van der Waals surface area contributed by atoms with E-state index in [-0.39, 0.29) is 24.2 Å². The second-order valence-corrected chi connectivity index (χ2v) is 6.63. The number of hydrogen-bond acceptors (Lipinski definition) is 5. The maximum atomic E-state index is 12.5. The second-order valence-electron chi connectivity index (χ2n) is 6.63. The average Bonchev–Trinajstić information content (AvgIpc) is 2.85. The van der Waals surface area contributed by atoms with Crippen molar-refractivity contribution in [3.8, 4) is 0 Å². The van der Waals surface area contributed by atoms with Crippen LogP contribution in [0.4, 0.5) is 0 Å². The molecule has 0 aromatic rings. The molecule has 1 aliphatic rings. The molecule has 1 fully saturated rings. The number of amides is 2. The van der Waals surface area contributed by atoms with Crippen LogP contribution in [0.1, 0.15) is 84.5 Å². The van der Waals surface area contributed by atoms with Crippen LogP contribution < -0.4 is 0 Å². The molecule has 1 saturated heterocycles. The summed E-state index contributed by atoms with van der Waals surface area (Å²) in [4.78, 5) is 41.3. The van der Waals surface area contributed by atoms with E-state index in [1.807, 2.05) is 6.92 Å². The van der Waals surface area contributed by atoms with Crippen LogP contribution in [0.25, 0.3) is 0 Å². The number of imide groups is 1. The third kappa shape index (κ3) is 5.89. The van der Waals surface area contributed by atoms with Gasteiger partial charge in [-0.3, -0.25) is 19.4 Å². The van der Waals surface area contributed by atoms with E-state index >= 15 is 0 Å². The van der Waals surface area contributed by atoms with Crippen LogP contribution in [0.2, 0.25) is 0 Å². The molecule has 1 N–H and O–H groups in total.